The van der Waals surface area contributed by atoms with Crippen molar-refractivity contribution < 1.29 is 17.9 Å². The molecule has 0 saturated heterocycles. The maximum atomic E-state index is 12.8. The van der Waals surface area contributed by atoms with Gasteiger partial charge in [0.2, 0.25) is 5.91 Å². The summed E-state index contributed by atoms with van der Waals surface area (Å²) in [6.45, 7) is 0.481. The van der Waals surface area contributed by atoms with E-state index in [0.29, 0.717) is 23.5 Å². The number of amides is 1. The summed E-state index contributed by atoms with van der Waals surface area (Å²) in [4.78, 5) is 13.1. The third-order valence-electron chi connectivity index (χ3n) is 4.61. The number of nitrogens with one attached hydrogen (secondary N) is 1. The SMILES string of the molecule is O=C(NC1CS(=O)(=O)c2ccccc21)C1CCOc2ccccc21. The number of carbonyl (C=O) groups excluding carboxylic acids is 1. The highest BCUT2D eigenvalue weighted by molar-refractivity contribution is 7.91. The minimum absolute atomic E-state index is 0.0804. The summed E-state index contributed by atoms with van der Waals surface area (Å²) in [5.74, 6) is 0.180. The summed E-state index contributed by atoms with van der Waals surface area (Å²) in [6.07, 6.45) is 0.587. The molecule has 0 fully saturated rings. The molecule has 2 atom stereocenters. The molecule has 2 heterocycles. The Morgan fingerprint density at radius 1 is 1.04 bits per heavy atom. The number of rotatable bonds is 2. The zero-order valence-corrected chi connectivity index (χ0v) is 13.8. The highest BCUT2D eigenvalue weighted by Crippen LogP contribution is 2.36. The minimum Gasteiger partial charge on any atom is -0.493 e. The maximum Gasteiger partial charge on any atom is 0.228 e. The van der Waals surface area contributed by atoms with Crippen molar-refractivity contribution in [2.45, 2.75) is 23.3 Å². The fourth-order valence-electron chi connectivity index (χ4n) is 3.46. The number of sulfone groups is 1. The number of hydrogen-bond acceptors (Lipinski definition) is 4. The van der Waals surface area contributed by atoms with Crippen LogP contribution < -0.4 is 10.1 Å². The maximum absolute atomic E-state index is 12.8. The number of hydrogen-bond donors (Lipinski definition) is 1. The van der Waals surface area contributed by atoms with E-state index in [1.165, 1.54) is 0 Å². The summed E-state index contributed by atoms with van der Waals surface area (Å²) >= 11 is 0. The first-order valence-corrected chi connectivity index (χ1v) is 9.55. The van der Waals surface area contributed by atoms with Gasteiger partial charge >= 0.3 is 0 Å². The van der Waals surface area contributed by atoms with Gasteiger partial charge in [0.05, 0.1) is 29.2 Å². The second-order valence-electron chi connectivity index (χ2n) is 6.11. The van der Waals surface area contributed by atoms with E-state index < -0.39 is 15.9 Å². The predicted molar refractivity (Wildman–Crippen MR) is 88.7 cm³/mol. The summed E-state index contributed by atoms with van der Waals surface area (Å²) < 4.78 is 30.1. The van der Waals surface area contributed by atoms with Crippen LogP contribution in [0.25, 0.3) is 0 Å². The quantitative estimate of drug-likeness (QED) is 0.907. The highest BCUT2D eigenvalue weighted by atomic mass is 32.2. The van der Waals surface area contributed by atoms with E-state index in [2.05, 4.69) is 5.32 Å². The third-order valence-corrected chi connectivity index (χ3v) is 6.42. The monoisotopic (exact) mass is 343 g/mol. The average molecular weight is 343 g/mol. The molecule has 2 unspecified atom stereocenters. The van der Waals surface area contributed by atoms with Crippen LogP contribution in [-0.2, 0) is 14.6 Å². The molecule has 0 spiro atoms. The van der Waals surface area contributed by atoms with E-state index >= 15 is 0 Å². The van der Waals surface area contributed by atoms with Gasteiger partial charge in [0, 0.05) is 5.56 Å². The lowest BCUT2D eigenvalue weighted by molar-refractivity contribution is -0.123. The molecule has 5 nitrogen and oxygen atoms in total. The lowest BCUT2D eigenvalue weighted by atomic mass is 9.92. The van der Waals surface area contributed by atoms with Gasteiger partial charge in [0.25, 0.3) is 0 Å². The molecule has 2 aliphatic rings. The molecule has 2 aliphatic heterocycles. The van der Waals surface area contributed by atoms with Crippen molar-refractivity contribution in [1.29, 1.82) is 0 Å². The molecule has 1 amide bonds. The lowest BCUT2D eigenvalue weighted by Gasteiger charge is -2.26. The van der Waals surface area contributed by atoms with Gasteiger partial charge in [-0.3, -0.25) is 4.79 Å². The molecule has 1 N–H and O–H groups in total. The van der Waals surface area contributed by atoms with E-state index in [1.807, 2.05) is 24.3 Å². The smallest absolute Gasteiger partial charge is 0.228 e. The molecule has 0 saturated carbocycles. The standard InChI is InChI=1S/C18H17NO4S/c20-18(13-9-10-23-16-7-3-1-5-12(13)16)19-15-11-24(21,22)17-8-4-2-6-14(15)17/h1-8,13,15H,9-11H2,(H,19,20). The number of ether oxygens (including phenoxy) is 1. The first-order chi connectivity index (χ1) is 11.6. The second-order valence-corrected chi connectivity index (χ2v) is 8.11. The van der Waals surface area contributed by atoms with Crippen LogP contribution in [0.5, 0.6) is 5.75 Å². The van der Waals surface area contributed by atoms with Gasteiger partial charge in [0.1, 0.15) is 5.75 Å². The molecule has 6 heteroatoms. The molecule has 0 aliphatic carbocycles. The van der Waals surface area contributed by atoms with Crippen molar-refractivity contribution in [3.8, 4) is 5.75 Å². The van der Waals surface area contributed by atoms with Gasteiger partial charge in [-0.15, -0.1) is 0 Å². The van der Waals surface area contributed by atoms with Crippen LogP contribution in [0.1, 0.15) is 29.5 Å². The first-order valence-electron chi connectivity index (χ1n) is 7.90. The normalized spacial score (nSPS) is 23.7. The molecular formula is C18H17NO4S. The van der Waals surface area contributed by atoms with Crippen molar-refractivity contribution in [1.82, 2.24) is 5.32 Å². The van der Waals surface area contributed by atoms with Gasteiger partial charge in [-0.1, -0.05) is 36.4 Å². The Kier molecular flexibility index (Phi) is 3.57. The third kappa shape index (κ3) is 2.47. The Balaban J connectivity index is 1.61. The van der Waals surface area contributed by atoms with Gasteiger partial charge in [0.15, 0.2) is 9.84 Å². The molecule has 0 aromatic heterocycles. The topological polar surface area (TPSA) is 72.5 Å². The van der Waals surface area contributed by atoms with Crippen LogP contribution in [0, 0.1) is 0 Å². The molecule has 24 heavy (non-hydrogen) atoms. The zero-order chi connectivity index (χ0) is 16.7. The molecule has 0 bridgehead atoms. The van der Waals surface area contributed by atoms with Crippen molar-refractivity contribution in [2.75, 3.05) is 12.4 Å². The van der Waals surface area contributed by atoms with Crippen molar-refractivity contribution in [3.05, 3.63) is 59.7 Å². The van der Waals surface area contributed by atoms with Crippen LogP contribution in [0.15, 0.2) is 53.4 Å². The predicted octanol–water partition coefficient (Wildman–Crippen LogP) is 2.20. The average Bonchev–Trinajstić information content (AvgIpc) is 2.85. The van der Waals surface area contributed by atoms with E-state index in [1.54, 1.807) is 24.3 Å². The fraction of sp³-hybridized carbons (Fsp3) is 0.278. The molecule has 4 rings (SSSR count). The van der Waals surface area contributed by atoms with Crippen LogP contribution in [-0.4, -0.2) is 26.7 Å². The molecule has 2 aromatic rings. The van der Waals surface area contributed by atoms with Gasteiger partial charge in [-0.05, 0) is 24.1 Å². The van der Waals surface area contributed by atoms with E-state index in [9.17, 15) is 13.2 Å². The number of carbonyl (C=O) groups is 1. The summed E-state index contributed by atoms with van der Waals surface area (Å²) in [5.41, 5.74) is 1.53. The van der Waals surface area contributed by atoms with Gasteiger partial charge < -0.3 is 10.1 Å². The van der Waals surface area contributed by atoms with Crippen LogP contribution in [0.2, 0.25) is 0 Å². The van der Waals surface area contributed by atoms with Gasteiger partial charge in [-0.25, -0.2) is 8.42 Å². The van der Waals surface area contributed by atoms with E-state index in [0.717, 1.165) is 11.3 Å². The van der Waals surface area contributed by atoms with Crippen molar-refractivity contribution in [2.24, 2.45) is 0 Å². The first kappa shape index (κ1) is 15.2. The molecule has 2 aromatic carbocycles. The van der Waals surface area contributed by atoms with E-state index in [4.69, 9.17) is 4.74 Å². The summed E-state index contributed by atoms with van der Waals surface area (Å²) in [7, 11) is -3.33. The van der Waals surface area contributed by atoms with Crippen LogP contribution in [0.3, 0.4) is 0 Å². The van der Waals surface area contributed by atoms with Gasteiger partial charge in [-0.2, -0.15) is 0 Å². The Morgan fingerprint density at radius 2 is 1.75 bits per heavy atom. The minimum atomic E-state index is -3.33. The number of fused-ring (bicyclic) bond motifs is 2. The summed E-state index contributed by atoms with van der Waals surface area (Å²) in [6, 6.07) is 13.9. The second kappa shape index (κ2) is 5.63. The lowest BCUT2D eigenvalue weighted by Crippen LogP contribution is -2.35. The Labute approximate surface area is 140 Å². The number of para-hydroxylation sites is 1. The Bertz CT molecular complexity index is 907. The Morgan fingerprint density at radius 3 is 2.58 bits per heavy atom. The Hall–Kier alpha value is -2.34. The molecular weight excluding hydrogens is 326 g/mol. The van der Waals surface area contributed by atoms with Crippen LogP contribution >= 0.6 is 0 Å². The number of benzene rings is 2. The van der Waals surface area contributed by atoms with E-state index in [-0.39, 0.29) is 17.6 Å². The van der Waals surface area contributed by atoms with Crippen LogP contribution in [0.4, 0.5) is 0 Å². The molecule has 124 valence electrons. The fourth-order valence-corrected chi connectivity index (χ4v) is 5.19. The summed E-state index contributed by atoms with van der Waals surface area (Å²) in [5, 5.41) is 2.93. The zero-order valence-electron chi connectivity index (χ0n) is 12.9. The molecule has 0 radical (unpaired) electrons. The van der Waals surface area contributed by atoms with Crippen molar-refractivity contribution in [3.63, 3.8) is 0 Å². The largest absolute Gasteiger partial charge is 0.493 e. The highest BCUT2D eigenvalue weighted by Gasteiger charge is 2.37. The van der Waals surface area contributed by atoms with Crippen molar-refractivity contribution >= 4 is 15.7 Å².